The van der Waals surface area contributed by atoms with Crippen LogP contribution in [-0.4, -0.2) is 44.8 Å². The molecule has 1 N–H and O–H groups in total. The molecule has 0 bridgehead atoms. The predicted molar refractivity (Wildman–Crippen MR) is 188 cm³/mol. The Morgan fingerprint density at radius 1 is 0.640 bits per heavy atom. The van der Waals surface area contributed by atoms with E-state index in [9.17, 15) is 14.4 Å². The molecule has 260 valence electrons. The first-order chi connectivity index (χ1) is 24.3. The van der Waals surface area contributed by atoms with Crippen LogP contribution < -0.4 is 38.6 Å². The van der Waals surface area contributed by atoms with E-state index in [-0.39, 0.29) is 17.9 Å². The molecule has 0 spiro atoms. The Morgan fingerprint density at radius 3 is 1.98 bits per heavy atom. The van der Waals surface area contributed by atoms with Crippen molar-refractivity contribution in [2.45, 2.75) is 40.4 Å². The van der Waals surface area contributed by atoms with Crippen molar-refractivity contribution in [1.29, 1.82) is 0 Å². The maximum Gasteiger partial charge on any atom is 0.335 e. The van der Waals surface area contributed by atoms with Gasteiger partial charge in [-0.05, 0) is 79.4 Å². The monoisotopic (exact) mass is 680 g/mol. The van der Waals surface area contributed by atoms with Crippen LogP contribution in [0.1, 0.15) is 43.9 Å². The number of methoxy groups -OCH3 is 1. The van der Waals surface area contributed by atoms with Gasteiger partial charge < -0.3 is 28.4 Å². The van der Waals surface area contributed by atoms with Crippen LogP contribution in [0.25, 0.3) is 6.08 Å². The van der Waals surface area contributed by atoms with Crippen LogP contribution in [0.3, 0.4) is 0 Å². The number of carbonyl (C=O) groups excluding carboxylic acids is 3. The molecule has 11 heteroatoms. The summed E-state index contributed by atoms with van der Waals surface area (Å²) in [6, 6.07) is 24.4. The first kappa shape index (κ1) is 35.3. The minimum absolute atomic E-state index is 0.208. The van der Waals surface area contributed by atoms with Gasteiger partial charge in [-0.25, -0.2) is 9.69 Å². The molecule has 4 aromatic rings. The summed E-state index contributed by atoms with van der Waals surface area (Å²) in [5.41, 5.74) is 2.37. The molecule has 0 aromatic heterocycles. The molecule has 0 saturated carbocycles. The summed E-state index contributed by atoms with van der Waals surface area (Å²) in [5, 5.41) is 2.25. The van der Waals surface area contributed by atoms with Crippen LogP contribution in [0.2, 0.25) is 0 Å². The third-order valence-electron chi connectivity index (χ3n) is 7.49. The Hall–Kier alpha value is -5.97. The molecular weight excluding hydrogens is 640 g/mol. The second-order valence-corrected chi connectivity index (χ2v) is 11.1. The van der Waals surface area contributed by atoms with Crippen molar-refractivity contribution in [1.82, 2.24) is 5.32 Å². The summed E-state index contributed by atoms with van der Waals surface area (Å²) in [6.07, 6.45) is 2.19. The lowest BCUT2D eigenvalue weighted by molar-refractivity contribution is -0.122. The minimum atomic E-state index is -0.869. The normalized spacial score (nSPS) is 13.6. The third kappa shape index (κ3) is 8.54. The quantitative estimate of drug-likeness (QED) is 0.0975. The van der Waals surface area contributed by atoms with E-state index in [1.54, 1.807) is 30.3 Å². The molecule has 1 fully saturated rings. The van der Waals surface area contributed by atoms with Gasteiger partial charge in [0.2, 0.25) is 0 Å². The largest absolute Gasteiger partial charge is 0.493 e. The molecule has 1 aliphatic rings. The molecule has 1 saturated heterocycles. The zero-order valence-corrected chi connectivity index (χ0v) is 28.5. The van der Waals surface area contributed by atoms with Crippen molar-refractivity contribution < 1.29 is 42.8 Å². The van der Waals surface area contributed by atoms with Gasteiger partial charge in [-0.1, -0.05) is 49.4 Å². The van der Waals surface area contributed by atoms with Crippen LogP contribution in [-0.2, 0) is 22.8 Å². The van der Waals surface area contributed by atoms with Gasteiger partial charge in [0.25, 0.3) is 11.8 Å². The number of urea groups is 1. The number of hydrogen-bond donors (Lipinski definition) is 1. The van der Waals surface area contributed by atoms with Crippen molar-refractivity contribution in [2.75, 3.05) is 31.8 Å². The maximum absolute atomic E-state index is 13.6. The average Bonchev–Trinajstić information content (AvgIpc) is 3.12. The number of barbiturate groups is 1. The molecular formula is C39H40N2O9. The molecule has 0 unspecified atom stereocenters. The summed E-state index contributed by atoms with van der Waals surface area (Å²) in [4.78, 5) is 40.2. The predicted octanol–water partition coefficient (Wildman–Crippen LogP) is 7.11. The van der Waals surface area contributed by atoms with Crippen LogP contribution in [0.15, 0.2) is 90.5 Å². The van der Waals surface area contributed by atoms with Gasteiger partial charge in [-0.15, -0.1) is 0 Å². The van der Waals surface area contributed by atoms with Gasteiger partial charge in [-0.2, -0.15) is 0 Å². The summed E-state index contributed by atoms with van der Waals surface area (Å²) in [7, 11) is 1.49. The van der Waals surface area contributed by atoms with Gasteiger partial charge in [0, 0.05) is 6.07 Å². The number of rotatable bonds is 16. The highest BCUT2D eigenvalue weighted by atomic mass is 16.5. The molecule has 4 aromatic carbocycles. The molecule has 4 amide bonds. The number of hydrogen-bond acceptors (Lipinski definition) is 9. The fourth-order valence-electron chi connectivity index (χ4n) is 5.11. The molecule has 1 aliphatic heterocycles. The fourth-order valence-corrected chi connectivity index (χ4v) is 5.11. The lowest BCUT2D eigenvalue weighted by Crippen LogP contribution is -2.54. The number of nitrogens with zero attached hydrogens (tertiary/aromatic N) is 1. The fraction of sp³-hybridized carbons (Fsp3) is 0.256. The average molecular weight is 681 g/mol. The Balaban J connectivity index is 1.32. The zero-order valence-electron chi connectivity index (χ0n) is 28.5. The standard InChI is InChI=1S/C39H40N2O9/c1-5-19-48-32-18-15-29(23-36(32)47-7-3)41-38(43)30(37(42)40-39(41)44)20-27-13-16-31(34(21-27)45-4)50-25-28-14-17-33(35(22-28)46-6-2)49-24-26-11-9-8-10-12-26/h8-18,20-23H,5-7,19,24-25H2,1-4H3,(H,40,42,44)/b30-20+. The minimum Gasteiger partial charge on any atom is -0.493 e. The second kappa shape index (κ2) is 16.9. The van der Waals surface area contributed by atoms with E-state index < -0.39 is 17.8 Å². The van der Waals surface area contributed by atoms with Gasteiger partial charge in [0.1, 0.15) is 18.8 Å². The SMILES string of the molecule is CCCOc1ccc(N2C(=O)NC(=O)/C(=C\c3ccc(OCc4ccc(OCc5ccccc5)c(OCC)c4)c(OC)c3)C2=O)cc1OCC. The smallest absolute Gasteiger partial charge is 0.335 e. The van der Waals surface area contributed by atoms with E-state index >= 15 is 0 Å². The Bertz CT molecular complexity index is 1860. The number of benzene rings is 4. The lowest BCUT2D eigenvalue weighted by atomic mass is 10.1. The topological polar surface area (TPSA) is 122 Å². The summed E-state index contributed by atoms with van der Waals surface area (Å²) in [6.45, 7) is 7.62. The van der Waals surface area contributed by atoms with Crippen molar-refractivity contribution in [3.63, 3.8) is 0 Å². The van der Waals surface area contributed by atoms with Crippen molar-refractivity contribution in [3.05, 3.63) is 107 Å². The number of anilines is 1. The van der Waals surface area contributed by atoms with E-state index in [2.05, 4.69) is 5.32 Å². The van der Waals surface area contributed by atoms with Crippen LogP contribution in [0.4, 0.5) is 10.5 Å². The lowest BCUT2D eigenvalue weighted by Gasteiger charge is -2.27. The summed E-state index contributed by atoms with van der Waals surface area (Å²) in [5.74, 6) is 1.33. The number of nitrogens with one attached hydrogen (secondary N) is 1. The highest BCUT2D eigenvalue weighted by molar-refractivity contribution is 6.39. The highest BCUT2D eigenvalue weighted by Gasteiger charge is 2.37. The molecule has 5 rings (SSSR count). The Kier molecular flexibility index (Phi) is 12.0. The van der Waals surface area contributed by atoms with Crippen molar-refractivity contribution in [3.8, 4) is 34.5 Å². The first-order valence-corrected chi connectivity index (χ1v) is 16.4. The zero-order chi connectivity index (χ0) is 35.5. The third-order valence-corrected chi connectivity index (χ3v) is 7.49. The number of imide groups is 2. The van der Waals surface area contributed by atoms with Crippen molar-refractivity contribution in [2.24, 2.45) is 0 Å². The highest BCUT2D eigenvalue weighted by Crippen LogP contribution is 2.35. The van der Waals surface area contributed by atoms with E-state index in [0.29, 0.717) is 66.5 Å². The van der Waals surface area contributed by atoms with Crippen LogP contribution in [0, 0.1) is 0 Å². The number of amides is 4. The Labute approximate surface area is 291 Å². The van der Waals surface area contributed by atoms with Gasteiger partial charge in [0.05, 0.1) is 32.6 Å². The van der Waals surface area contributed by atoms with E-state index in [1.807, 2.05) is 69.3 Å². The van der Waals surface area contributed by atoms with Gasteiger partial charge >= 0.3 is 6.03 Å². The summed E-state index contributed by atoms with van der Waals surface area (Å²) < 4.78 is 35.0. The van der Waals surface area contributed by atoms with Gasteiger partial charge in [0.15, 0.2) is 34.5 Å². The van der Waals surface area contributed by atoms with Gasteiger partial charge in [-0.3, -0.25) is 14.9 Å². The van der Waals surface area contributed by atoms with Crippen LogP contribution >= 0.6 is 0 Å². The molecule has 0 radical (unpaired) electrons. The van der Waals surface area contributed by atoms with E-state index in [4.69, 9.17) is 28.4 Å². The number of carbonyl (C=O) groups is 3. The molecule has 1 heterocycles. The summed E-state index contributed by atoms with van der Waals surface area (Å²) >= 11 is 0. The van der Waals surface area contributed by atoms with Crippen molar-refractivity contribution >= 4 is 29.6 Å². The molecule has 0 atom stereocenters. The van der Waals surface area contributed by atoms with E-state index in [0.717, 1.165) is 22.4 Å². The second-order valence-electron chi connectivity index (χ2n) is 11.1. The maximum atomic E-state index is 13.6. The molecule has 11 nitrogen and oxygen atoms in total. The number of ether oxygens (including phenoxy) is 6. The molecule has 0 aliphatic carbocycles. The van der Waals surface area contributed by atoms with E-state index in [1.165, 1.54) is 19.3 Å². The first-order valence-electron chi connectivity index (χ1n) is 16.4. The Morgan fingerprint density at radius 2 is 1.28 bits per heavy atom. The molecule has 50 heavy (non-hydrogen) atoms. The van der Waals surface area contributed by atoms with Crippen LogP contribution in [0.5, 0.6) is 34.5 Å².